The lowest BCUT2D eigenvalue weighted by Crippen LogP contribution is -2.45. The second-order valence-electron chi connectivity index (χ2n) is 4.47. The molecule has 1 N–H and O–H groups in total. The van der Waals surface area contributed by atoms with Gasteiger partial charge in [-0.05, 0) is 59.3 Å². The van der Waals surface area contributed by atoms with E-state index in [0.29, 0.717) is 6.61 Å². The third-order valence-electron chi connectivity index (χ3n) is 3.32. The van der Waals surface area contributed by atoms with Gasteiger partial charge in [-0.2, -0.15) is 0 Å². The van der Waals surface area contributed by atoms with Gasteiger partial charge in [-0.1, -0.05) is 0 Å². The van der Waals surface area contributed by atoms with Gasteiger partial charge in [0.05, 0.1) is 6.61 Å². The minimum atomic E-state index is -0.0884. The van der Waals surface area contributed by atoms with Crippen molar-refractivity contribution < 1.29 is 9.53 Å². The summed E-state index contributed by atoms with van der Waals surface area (Å²) >= 11 is 0. The first-order valence-corrected chi connectivity index (χ1v) is 6.24. The topological polar surface area (TPSA) is 41.6 Å². The summed E-state index contributed by atoms with van der Waals surface area (Å²) in [4.78, 5) is 13.8. The lowest BCUT2D eigenvalue weighted by atomic mass is 9.96. The molecule has 0 aromatic rings. The van der Waals surface area contributed by atoms with E-state index in [1.807, 2.05) is 20.9 Å². The molecule has 1 fully saturated rings. The Hall–Kier alpha value is -0.320. The molecule has 1 saturated heterocycles. The summed E-state index contributed by atoms with van der Waals surface area (Å²) in [5.74, 6) is 0.671. The van der Waals surface area contributed by atoms with E-state index in [2.05, 4.69) is 10.2 Å². The molecule has 0 bridgehead atoms. The van der Waals surface area contributed by atoms with Gasteiger partial charge in [0.1, 0.15) is 6.04 Å². The van der Waals surface area contributed by atoms with Crippen LogP contribution in [0.1, 0.15) is 26.7 Å². The lowest BCUT2D eigenvalue weighted by molar-refractivity contribution is -0.149. The Bertz CT molecular complexity index is 219. The van der Waals surface area contributed by atoms with Gasteiger partial charge < -0.3 is 10.1 Å². The summed E-state index contributed by atoms with van der Waals surface area (Å²) in [7, 11) is 1.99. The Morgan fingerprint density at radius 1 is 1.47 bits per heavy atom. The van der Waals surface area contributed by atoms with E-state index in [1.54, 1.807) is 0 Å². The fourth-order valence-corrected chi connectivity index (χ4v) is 2.24. The van der Waals surface area contributed by atoms with Crippen LogP contribution in [0.2, 0.25) is 0 Å². The standard InChI is InChI=1S/C12H24N2O2.ClH/c1-4-16-12(15)10(2)14-7-5-11(6-8-14)9-13-3;/h10-11,13H,4-9H2,1-3H3;1H. The summed E-state index contributed by atoms with van der Waals surface area (Å²) < 4.78 is 5.04. The van der Waals surface area contributed by atoms with Gasteiger partial charge in [-0.3, -0.25) is 9.69 Å². The second kappa shape index (κ2) is 8.72. The number of hydrogen-bond donors (Lipinski definition) is 1. The van der Waals surface area contributed by atoms with E-state index in [1.165, 1.54) is 12.8 Å². The highest BCUT2D eigenvalue weighted by Crippen LogP contribution is 2.18. The van der Waals surface area contributed by atoms with E-state index < -0.39 is 0 Å². The maximum Gasteiger partial charge on any atom is 0.323 e. The highest BCUT2D eigenvalue weighted by Gasteiger charge is 2.26. The summed E-state index contributed by atoms with van der Waals surface area (Å²) in [6, 6.07) is -0.0875. The van der Waals surface area contributed by atoms with Gasteiger partial charge in [-0.25, -0.2) is 0 Å². The van der Waals surface area contributed by atoms with Gasteiger partial charge >= 0.3 is 5.97 Å². The number of ether oxygens (including phenoxy) is 1. The van der Waals surface area contributed by atoms with Crippen LogP contribution < -0.4 is 5.32 Å². The summed E-state index contributed by atoms with van der Waals surface area (Å²) in [6.07, 6.45) is 2.34. The van der Waals surface area contributed by atoms with Crippen LogP contribution in [0.25, 0.3) is 0 Å². The van der Waals surface area contributed by atoms with Crippen molar-refractivity contribution in [2.75, 3.05) is 33.3 Å². The van der Waals surface area contributed by atoms with E-state index in [9.17, 15) is 4.79 Å². The van der Waals surface area contributed by atoms with Crippen LogP contribution in [0.15, 0.2) is 0 Å². The van der Waals surface area contributed by atoms with E-state index >= 15 is 0 Å². The molecule has 1 aliphatic rings. The molecule has 0 spiro atoms. The first kappa shape index (κ1) is 16.7. The molecular weight excluding hydrogens is 240 g/mol. The van der Waals surface area contributed by atoms with Crippen molar-refractivity contribution in [3.05, 3.63) is 0 Å². The number of hydrogen-bond acceptors (Lipinski definition) is 4. The Morgan fingerprint density at radius 2 is 2.06 bits per heavy atom. The number of rotatable bonds is 5. The number of nitrogens with one attached hydrogen (secondary N) is 1. The predicted molar refractivity (Wildman–Crippen MR) is 71.6 cm³/mol. The van der Waals surface area contributed by atoms with Crippen LogP contribution in [0, 0.1) is 5.92 Å². The number of carbonyl (C=O) groups is 1. The SMILES string of the molecule is CCOC(=O)C(C)N1CCC(CNC)CC1.Cl. The molecule has 0 aromatic carbocycles. The zero-order chi connectivity index (χ0) is 12.0. The number of carbonyl (C=O) groups excluding carboxylic acids is 1. The van der Waals surface area contributed by atoms with Crippen LogP contribution in [-0.4, -0.2) is 50.2 Å². The highest BCUT2D eigenvalue weighted by atomic mass is 35.5. The van der Waals surface area contributed by atoms with Gasteiger partial charge in [0.25, 0.3) is 0 Å². The van der Waals surface area contributed by atoms with E-state index in [0.717, 1.165) is 25.6 Å². The third kappa shape index (κ3) is 5.23. The minimum absolute atomic E-state index is 0. The molecule has 1 unspecified atom stereocenters. The first-order chi connectivity index (χ1) is 7.69. The predicted octanol–water partition coefficient (Wildman–Crippen LogP) is 1.29. The fourth-order valence-electron chi connectivity index (χ4n) is 2.24. The van der Waals surface area contributed by atoms with Crippen molar-refractivity contribution in [3.63, 3.8) is 0 Å². The summed E-state index contributed by atoms with van der Waals surface area (Å²) in [5.41, 5.74) is 0. The zero-order valence-corrected chi connectivity index (χ0v) is 11.9. The van der Waals surface area contributed by atoms with Crippen LogP contribution in [0.5, 0.6) is 0 Å². The molecule has 1 atom stereocenters. The zero-order valence-electron chi connectivity index (χ0n) is 11.1. The second-order valence-corrected chi connectivity index (χ2v) is 4.47. The molecule has 0 radical (unpaired) electrons. The average Bonchev–Trinajstić information content (AvgIpc) is 2.30. The van der Waals surface area contributed by atoms with Crippen molar-refractivity contribution in [2.45, 2.75) is 32.7 Å². The molecule has 17 heavy (non-hydrogen) atoms. The van der Waals surface area contributed by atoms with E-state index in [-0.39, 0.29) is 24.4 Å². The molecular formula is C12H25ClN2O2. The van der Waals surface area contributed by atoms with Gasteiger partial charge in [0.2, 0.25) is 0 Å². The lowest BCUT2D eigenvalue weighted by Gasteiger charge is -2.34. The van der Waals surface area contributed by atoms with Crippen LogP contribution in [0.3, 0.4) is 0 Å². The number of esters is 1. The molecule has 0 aromatic heterocycles. The number of piperidine rings is 1. The Balaban J connectivity index is 0.00000256. The minimum Gasteiger partial charge on any atom is -0.465 e. The summed E-state index contributed by atoms with van der Waals surface area (Å²) in [5, 5.41) is 3.21. The normalized spacial score (nSPS) is 19.5. The quantitative estimate of drug-likeness (QED) is 0.760. The van der Waals surface area contributed by atoms with Crippen molar-refractivity contribution in [3.8, 4) is 0 Å². The fraction of sp³-hybridized carbons (Fsp3) is 0.917. The number of nitrogens with zero attached hydrogens (tertiary/aromatic N) is 1. The van der Waals surface area contributed by atoms with Crippen molar-refractivity contribution in [2.24, 2.45) is 5.92 Å². The summed E-state index contributed by atoms with van der Waals surface area (Å²) in [6.45, 7) is 7.36. The Labute approximate surface area is 110 Å². The Kier molecular flexibility index (Phi) is 8.56. The molecule has 1 aliphatic heterocycles. The van der Waals surface area contributed by atoms with Crippen molar-refractivity contribution in [1.29, 1.82) is 0 Å². The van der Waals surface area contributed by atoms with Gasteiger partial charge in [0.15, 0.2) is 0 Å². The van der Waals surface area contributed by atoms with E-state index in [4.69, 9.17) is 4.74 Å². The Morgan fingerprint density at radius 3 is 2.53 bits per heavy atom. The smallest absolute Gasteiger partial charge is 0.323 e. The van der Waals surface area contributed by atoms with Gasteiger partial charge in [-0.15, -0.1) is 12.4 Å². The highest BCUT2D eigenvalue weighted by molar-refractivity contribution is 5.85. The van der Waals surface area contributed by atoms with Crippen LogP contribution in [0.4, 0.5) is 0 Å². The van der Waals surface area contributed by atoms with Gasteiger partial charge in [0, 0.05) is 0 Å². The van der Waals surface area contributed by atoms with Crippen LogP contribution >= 0.6 is 12.4 Å². The molecule has 1 heterocycles. The molecule has 102 valence electrons. The molecule has 0 saturated carbocycles. The maximum absolute atomic E-state index is 11.6. The molecule has 0 aliphatic carbocycles. The largest absolute Gasteiger partial charge is 0.465 e. The molecule has 1 rings (SSSR count). The molecule has 0 amide bonds. The molecule has 5 heteroatoms. The average molecular weight is 265 g/mol. The third-order valence-corrected chi connectivity index (χ3v) is 3.32. The monoisotopic (exact) mass is 264 g/mol. The molecule has 4 nitrogen and oxygen atoms in total. The number of likely N-dealkylation sites (tertiary alicyclic amines) is 1. The van der Waals surface area contributed by atoms with Crippen molar-refractivity contribution in [1.82, 2.24) is 10.2 Å². The van der Waals surface area contributed by atoms with Crippen LogP contribution in [-0.2, 0) is 9.53 Å². The van der Waals surface area contributed by atoms with Crippen molar-refractivity contribution >= 4 is 18.4 Å². The first-order valence-electron chi connectivity index (χ1n) is 6.24. The maximum atomic E-state index is 11.6. The number of halogens is 1.